The van der Waals surface area contributed by atoms with Crippen LogP contribution in [0, 0.1) is 5.92 Å². The first-order valence-electron chi connectivity index (χ1n) is 8.01. The Kier molecular flexibility index (Phi) is 6.51. The van der Waals surface area contributed by atoms with E-state index in [2.05, 4.69) is 66.2 Å². The average Bonchev–Trinajstić information content (AvgIpc) is 2.88. The Morgan fingerprint density at radius 2 is 2.19 bits per heavy atom. The maximum Gasteiger partial charge on any atom is 0.0964 e. The van der Waals surface area contributed by atoms with Gasteiger partial charge in [0.05, 0.1) is 12.2 Å². The van der Waals surface area contributed by atoms with E-state index in [1.165, 1.54) is 12.3 Å². The van der Waals surface area contributed by atoms with E-state index in [1.54, 1.807) is 0 Å². The van der Waals surface area contributed by atoms with Gasteiger partial charge in [-0.25, -0.2) is 0 Å². The summed E-state index contributed by atoms with van der Waals surface area (Å²) in [6.07, 6.45) is 2.07. The molecule has 1 aromatic heterocycles. The molecule has 2 atom stereocenters. The van der Waals surface area contributed by atoms with Crippen molar-refractivity contribution in [3.8, 4) is 0 Å². The smallest absolute Gasteiger partial charge is 0.0964 e. The predicted molar refractivity (Wildman–Crippen MR) is 89.5 cm³/mol. The number of rotatable bonds is 7. The van der Waals surface area contributed by atoms with E-state index in [0.717, 1.165) is 37.1 Å². The van der Waals surface area contributed by atoms with Crippen molar-refractivity contribution >= 4 is 11.8 Å². The van der Waals surface area contributed by atoms with Crippen molar-refractivity contribution in [1.82, 2.24) is 25.2 Å². The second kappa shape index (κ2) is 8.15. The topological polar surface area (TPSA) is 46.0 Å². The van der Waals surface area contributed by atoms with Gasteiger partial charge in [0.15, 0.2) is 0 Å². The van der Waals surface area contributed by atoms with Gasteiger partial charge in [0.2, 0.25) is 0 Å². The molecule has 0 saturated carbocycles. The number of nitrogens with one attached hydrogen (secondary N) is 1. The molecule has 0 amide bonds. The van der Waals surface area contributed by atoms with Gasteiger partial charge in [-0.1, -0.05) is 26.0 Å². The highest BCUT2D eigenvalue weighted by Gasteiger charge is 2.24. The highest BCUT2D eigenvalue weighted by atomic mass is 32.2. The zero-order valence-corrected chi connectivity index (χ0v) is 14.6. The maximum atomic E-state index is 4.24. The number of hydrogen-bond acceptors (Lipinski definition) is 5. The highest BCUT2D eigenvalue weighted by molar-refractivity contribution is 8.00. The van der Waals surface area contributed by atoms with Gasteiger partial charge in [0, 0.05) is 42.9 Å². The number of hydrogen-bond donors (Lipinski definition) is 1. The molecule has 0 aromatic carbocycles. The van der Waals surface area contributed by atoms with Crippen molar-refractivity contribution in [3.63, 3.8) is 0 Å². The first-order chi connectivity index (χ1) is 10.1. The summed E-state index contributed by atoms with van der Waals surface area (Å²) < 4.78 is 1.98. The van der Waals surface area contributed by atoms with Crippen LogP contribution in [0.1, 0.15) is 33.4 Å². The quantitative estimate of drug-likeness (QED) is 0.833. The summed E-state index contributed by atoms with van der Waals surface area (Å²) >= 11 is 2.08. The van der Waals surface area contributed by atoms with Crippen molar-refractivity contribution in [2.45, 2.75) is 52.1 Å². The Hall–Kier alpha value is -0.590. The van der Waals surface area contributed by atoms with Crippen molar-refractivity contribution in [2.24, 2.45) is 5.92 Å². The summed E-state index contributed by atoms with van der Waals surface area (Å²) in [5.41, 5.74) is 1.03. The Morgan fingerprint density at radius 3 is 2.95 bits per heavy atom. The minimum Gasteiger partial charge on any atom is -0.311 e. The predicted octanol–water partition coefficient (Wildman–Crippen LogP) is 1.85. The fraction of sp³-hybridized carbons (Fsp3) is 0.867. The fourth-order valence-corrected chi connectivity index (χ4v) is 3.72. The van der Waals surface area contributed by atoms with Crippen LogP contribution in [0.15, 0.2) is 6.20 Å². The van der Waals surface area contributed by atoms with Crippen LogP contribution in [-0.4, -0.2) is 56.6 Å². The summed E-state index contributed by atoms with van der Waals surface area (Å²) in [5.74, 6) is 1.91. The third-order valence-electron chi connectivity index (χ3n) is 4.08. The van der Waals surface area contributed by atoms with E-state index in [4.69, 9.17) is 0 Å². The molecule has 0 spiro atoms. The van der Waals surface area contributed by atoms with Crippen molar-refractivity contribution < 1.29 is 0 Å². The Labute approximate surface area is 132 Å². The molecule has 0 bridgehead atoms. The van der Waals surface area contributed by atoms with Gasteiger partial charge in [-0.05, 0) is 19.4 Å². The Balaban J connectivity index is 1.74. The summed E-state index contributed by atoms with van der Waals surface area (Å²) in [6, 6.07) is 0.652. The number of thioether (sulfide) groups is 1. The summed E-state index contributed by atoms with van der Waals surface area (Å²) in [6.45, 7) is 14.1. The molecule has 21 heavy (non-hydrogen) atoms. The van der Waals surface area contributed by atoms with Gasteiger partial charge in [0.1, 0.15) is 0 Å². The van der Waals surface area contributed by atoms with E-state index < -0.39 is 0 Å². The Morgan fingerprint density at radius 1 is 1.38 bits per heavy atom. The van der Waals surface area contributed by atoms with Gasteiger partial charge in [-0.2, -0.15) is 11.8 Å². The van der Waals surface area contributed by atoms with Gasteiger partial charge >= 0.3 is 0 Å². The molecule has 1 N–H and O–H groups in total. The van der Waals surface area contributed by atoms with Crippen LogP contribution in [-0.2, 0) is 13.1 Å². The molecule has 6 heteroatoms. The molecule has 0 radical (unpaired) electrons. The Bertz CT molecular complexity index is 420. The van der Waals surface area contributed by atoms with Crippen molar-refractivity contribution in [1.29, 1.82) is 0 Å². The minimum atomic E-state index is 0.652. The van der Waals surface area contributed by atoms with Crippen LogP contribution in [0.5, 0.6) is 0 Å². The van der Waals surface area contributed by atoms with Crippen LogP contribution in [0.3, 0.4) is 0 Å². The summed E-state index contributed by atoms with van der Waals surface area (Å²) in [7, 11) is 0. The number of aromatic nitrogens is 3. The molecule has 120 valence electrons. The molecule has 1 aromatic rings. The molecule has 2 rings (SSSR count). The molecule has 1 fully saturated rings. The molecule has 0 aliphatic carbocycles. The summed E-state index contributed by atoms with van der Waals surface area (Å²) in [4.78, 5) is 2.57. The van der Waals surface area contributed by atoms with Gasteiger partial charge < -0.3 is 5.32 Å². The van der Waals surface area contributed by atoms with Crippen LogP contribution < -0.4 is 5.32 Å². The fourth-order valence-electron chi connectivity index (χ4n) is 2.56. The zero-order chi connectivity index (χ0) is 15.2. The standard InChI is InChI=1S/C15H29N5S/c1-12(2)9-16-10-15-11-20(18-17-15)6-5-19-7-8-21-14(4)13(19)3/h11-14,16H,5-10H2,1-4H3. The summed E-state index contributed by atoms with van der Waals surface area (Å²) in [5, 5.41) is 12.6. The molecule has 2 heterocycles. The molecule has 1 aliphatic heterocycles. The maximum absolute atomic E-state index is 4.24. The lowest BCUT2D eigenvalue weighted by molar-refractivity contribution is 0.202. The van der Waals surface area contributed by atoms with E-state index in [9.17, 15) is 0 Å². The van der Waals surface area contributed by atoms with E-state index in [-0.39, 0.29) is 0 Å². The van der Waals surface area contributed by atoms with Crippen molar-refractivity contribution in [3.05, 3.63) is 11.9 Å². The molecular formula is C15H29N5S. The third-order valence-corrected chi connectivity index (χ3v) is 5.41. The molecule has 2 unspecified atom stereocenters. The normalized spacial score (nSPS) is 23.9. The second-order valence-corrected chi connectivity index (χ2v) is 7.84. The average molecular weight is 311 g/mol. The third kappa shape index (κ3) is 5.27. The van der Waals surface area contributed by atoms with Gasteiger partial charge in [0.25, 0.3) is 0 Å². The lowest BCUT2D eigenvalue weighted by atomic mass is 10.2. The van der Waals surface area contributed by atoms with Crippen molar-refractivity contribution in [2.75, 3.05) is 25.4 Å². The molecule has 1 saturated heterocycles. The van der Waals surface area contributed by atoms with Crippen LogP contribution >= 0.6 is 11.8 Å². The number of nitrogens with zero attached hydrogens (tertiary/aromatic N) is 4. The van der Waals surface area contributed by atoms with E-state index in [0.29, 0.717) is 12.0 Å². The van der Waals surface area contributed by atoms with E-state index in [1.807, 2.05) is 4.68 Å². The van der Waals surface area contributed by atoms with Crippen LogP contribution in [0.4, 0.5) is 0 Å². The van der Waals surface area contributed by atoms with Gasteiger partial charge in [-0.15, -0.1) is 5.10 Å². The van der Waals surface area contributed by atoms with Gasteiger partial charge in [-0.3, -0.25) is 9.58 Å². The first-order valence-corrected chi connectivity index (χ1v) is 9.06. The largest absolute Gasteiger partial charge is 0.311 e. The first kappa shape index (κ1) is 16.8. The van der Waals surface area contributed by atoms with E-state index >= 15 is 0 Å². The molecular weight excluding hydrogens is 282 g/mol. The lowest BCUT2D eigenvalue weighted by Gasteiger charge is -2.37. The highest BCUT2D eigenvalue weighted by Crippen LogP contribution is 2.23. The SMILES string of the molecule is CC(C)CNCc1cn(CCN2CCSC(C)C2C)nn1. The monoisotopic (exact) mass is 311 g/mol. The lowest BCUT2D eigenvalue weighted by Crippen LogP contribution is -2.45. The zero-order valence-electron chi connectivity index (χ0n) is 13.7. The van der Waals surface area contributed by atoms with Crippen LogP contribution in [0.25, 0.3) is 0 Å². The molecule has 1 aliphatic rings. The second-order valence-electron chi connectivity index (χ2n) is 6.35. The minimum absolute atomic E-state index is 0.652. The van der Waals surface area contributed by atoms with Crippen LogP contribution in [0.2, 0.25) is 0 Å². The molecule has 5 nitrogen and oxygen atoms in total.